The highest BCUT2D eigenvalue weighted by Gasteiger charge is 2.09. The van der Waals surface area contributed by atoms with Crippen molar-refractivity contribution in [3.8, 4) is 6.07 Å². The Labute approximate surface area is 121 Å². The summed E-state index contributed by atoms with van der Waals surface area (Å²) in [5.41, 5.74) is 3.20. The van der Waals surface area contributed by atoms with E-state index in [2.05, 4.69) is 48.6 Å². The largest absolute Gasteiger partial charge is 0.306 e. The topological polar surface area (TPSA) is 35.8 Å². The number of benzene rings is 2. The Morgan fingerprint density at radius 2 is 1.90 bits per heavy atom. The molecule has 0 fully saturated rings. The standard InChI is InChI=1S/C18H20N2/c1-2-7-18(17-10-4-3-5-11-17)20-14-16-9-6-8-15(12-16)13-19/h3-6,8-12,18,20H,2,7,14H2,1H3. The fourth-order valence-corrected chi connectivity index (χ4v) is 2.35. The minimum absolute atomic E-state index is 0.368. The zero-order valence-corrected chi connectivity index (χ0v) is 11.8. The minimum atomic E-state index is 0.368. The molecule has 0 radical (unpaired) electrons. The summed E-state index contributed by atoms with van der Waals surface area (Å²) in [5.74, 6) is 0. The van der Waals surface area contributed by atoms with Crippen molar-refractivity contribution < 1.29 is 0 Å². The van der Waals surface area contributed by atoms with Crippen LogP contribution in [0.4, 0.5) is 0 Å². The third-order valence-electron chi connectivity index (χ3n) is 3.39. The molecule has 0 saturated heterocycles. The first-order valence-corrected chi connectivity index (χ1v) is 7.11. The number of nitriles is 1. The third kappa shape index (κ3) is 3.94. The molecule has 0 aliphatic carbocycles. The molecule has 1 unspecified atom stereocenters. The van der Waals surface area contributed by atoms with Gasteiger partial charge in [0.1, 0.15) is 0 Å². The van der Waals surface area contributed by atoms with Crippen LogP contribution in [-0.2, 0) is 6.54 Å². The van der Waals surface area contributed by atoms with Gasteiger partial charge in [-0.15, -0.1) is 0 Å². The second kappa shape index (κ2) is 7.47. The van der Waals surface area contributed by atoms with Gasteiger partial charge in [0, 0.05) is 12.6 Å². The van der Waals surface area contributed by atoms with Gasteiger partial charge in [-0.2, -0.15) is 5.26 Å². The van der Waals surface area contributed by atoms with E-state index >= 15 is 0 Å². The molecule has 0 aliphatic heterocycles. The third-order valence-corrected chi connectivity index (χ3v) is 3.39. The van der Waals surface area contributed by atoms with Crippen molar-refractivity contribution in [2.24, 2.45) is 0 Å². The molecule has 0 aliphatic rings. The van der Waals surface area contributed by atoms with Crippen molar-refractivity contribution in [2.45, 2.75) is 32.4 Å². The number of nitrogens with zero attached hydrogens (tertiary/aromatic N) is 1. The zero-order chi connectivity index (χ0) is 14.2. The van der Waals surface area contributed by atoms with Crippen molar-refractivity contribution in [2.75, 3.05) is 0 Å². The van der Waals surface area contributed by atoms with E-state index < -0.39 is 0 Å². The molecular formula is C18H20N2. The average molecular weight is 264 g/mol. The summed E-state index contributed by atoms with van der Waals surface area (Å²) >= 11 is 0. The smallest absolute Gasteiger partial charge is 0.0991 e. The molecule has 2 nitrogen and oxygen atoms in total. The minimum Gasteiger partial charge on any atom is -0.306 e. The highest BCUT2D eigenvalue weighted by Crippen LogP contribution is 2.18. The van der Waals surface area contributed by atoms with Crippen LogP contribution in [0.1, 0.15) is 42.5 Å². The van der Waals surface area contributed by atoms with E-state index in [-0.39, 0.29) is 0 Å². The molecule has 0 heterocycles. The molecular weight excluding hydrogens is 244 g/mol. The lowest BCUT2D eigenvalue weighted by molar-refractivity contribution is 0.493. The van der Waals surface area contributed by atoms with Gasteiger partial charge in [0.15, 0.2) is 0 Å². The highest BCUT2D eigenvalue weighted by atomic mass is 14.9. The van der Waals surface area contributed by atoms with Crippen LogP contribution < -0.4 is 5.32 Å². The summed E-state index contributed by atoms with van der Waals surface area (Å²) < 4.78 is 0. The van der Waals surface area contributed by atoms with Gasteiger partial charge in [-0.25, -0.2) is 0 Å². The maximum Gasteiger partial charge on any atom is 0.0991 e. The molecule has 20 heavy (non-hydrogen) atoms. The van der Waals surface area contributed by atoms with Crippen LogP contribution in [0.15, 0.2) is 54.6 Å². The molecule has 2 aromatic carbocycles. The highest BCUT2D eigenvalue weighted by molar-refractivity contribution is 5.32. The summed E-state index contributed by atoms with van der Waals surface area (Å²) in [4.78, 5) is 0. The van der Waals surface area contributed by atoms with Gasteiger partial charge in [0.05, 0.1) is 11.6 Å². The Kier molecular flexibility index (Phi) is 5.34. The van der Waals surface area contributed by atoms with Crippen molar-refractivity contribution >= 4 is 0 Å². The maximum absolute atomic E-state index is 8.93. The van der Waals surface area contributed by atoms with Crippen LogP contribution in [0.3, 0.4) is 0 Å². The van der Waals surface area contributed by atoms with Crippen LogP contribution in [0, 0.1) is 11.3 Å². The first kappa shape index (κ1) is 14.3. The molecule has 0 saturated carbocycles. The Balaban J connectivity index is 2.04. The quantitative estimate of drug-likeness (QED) is 0.849. The average Bonchev–Trinajstić information content (AvgIpc) is 2.52. The number of rotatable bonds is 6. The van der Waals surface area contributed by atoms with Crippen molar-refractivity contribution in [1.29, 1.82) is 5.26 Å². The Bertz CT molecular complexity index is 569. The van der Waals surface area contributed by atoms with Crippen LogP contribution in [0.25, 0.3) is 0 Å². The second-order valence-electron chi connectivity index (χ2n) is 4.95. The van der Waals surface area contributed by atoms with Gasteiger partial charge in [-0.1, -0.05) is 55.8 Å². The zero-order valence-electron chi connectivity index (χ0n) is 11.8. The maximum atomic E-state index is 8.93. The van der Waals surface area contributed by atoms with Crippen molar-refractivity contribution in [3.63, 3.8) is 0 Å². The number of hydrogen-bond donors (Lipinski definition) is 1. The number of nitrogens with one attached hydrogen (secondary N) is 1. The summed E-state index contributed by atoms with van der Waals surface area (Å²) in [7, 11) is 0. The molecule has 102 valence electrons. The van der Waals surface area contributed by atoms with E-state index in [1.807, 2.05) is 24.3 Å². The Hall–Kier alpha value is -2.11. The Morgan fingerprint density at radius 1 is 1.10 bits per heavy atom. The first-order chi connectivity index (χ1) is 9.83. The van der Waals surface area contributed by atoms with Gasteiger partial charge in [0.25, 0.3) is 0 Å². The lowest BCUT2D eigenvalue weighted by Crippen LogP contribution is -2.20. The van der Waals surface area contributed by atoms with Gasteiger partial charge in [-0.3, -0.25) is 0 Å². The van der Waals surface area contributed by atoms with E-state index in [9.17, 15) is 0 Å². The molecule has 0 bridgehead atoms. The predicted octanol–water partition coefficient (Wildman–Crippen LogP) is 4.19. The molecule has 1 atom stereocenters. The molecule has 0 amide bonds. The molecule has 0 aromatic heterocycles. The normalized spacial score (nSPS) is 11.8. The fraction of sp³-hybridized carbons (Fsp3) is 0.278. The van der Waals surface area contributed by atoms with Crippen LogP contribution in [0.5, 0.6) is 0 Å². The summed E-state index contributed by atoms with van der Waals surface area (Å²) in [5, 5.41) is 12.5. The fourth-order valence-electron chi connectivity index (χ4n) is 2.35. The SMILES string of the molecule is CCCC(NCc1cccc(C#N)c1)c1ccccc1. The molecule has 0 spiro atoms. The summed E-state index contributed by atoms with van der Waals surface area (Å²) in [6.45, 7) is 2.99. The lowest BCUT2D eigenvalue weighted by atomic mass is 10.0. The molecule has 1 N–H and O–H groups in total. The summed E-state index contributed by atoms with van der Waals surface area (Å²) in [6, 6.07) is 20.9. The van der Waals surface area contributed by atoms with Crippen LogP contribution in [0.2, 0.25) is 0 Å². The van der Waals surface area contributed by atoms with E-state index in [1.54, 1.807) is 0 Å². The van der Waals surface area contributed by atoms with Gasteiger partial charge in [-0.05, 0) is 29.7 Å². The van der Waals surface area contributed by atoms with Crippen molar-refractivity contribution in [3.05, 3.63) is 71.3 Å². The summed E-state index contributed by atoms with van der Waals surface area (Å²) in [6.07, 6.45) is 2.26. The predicted molar refractivity (Wildman–Crippen MR) is 82.1 cm³/mol. The van der Waals surface area contributed by atoms with Crippen molar-refractivity contribution in [1.82, 2.24) is 5.32 Å². The van der Waals surface area contributed by atoms with Crippen LogP contribution in [-0.4, -0.2) is 0 Å². The van der Waals surface area contributed by atoms with Crippen LogP contribution >= 0.6 is 0 Å². The Morgan fingerprint density at radius 3 is 2.60 bits per heavy atom. The monoisotopic (exact) mass is 264 g/mol. The molecule has 2 heteroatoms. The van der Waals surface area contributed by atoms with E-state index in [0.717, 1.165) is 30.5 Å². The second-order valence-corrected chi connectivity index (χ2v) is 4.95. The van der Waals surface area contributed by atoms with Gasteiger partial charge >= 0.3 is 0 Å². The molecule has 2 aromatic rings. The number of hydrogen-bond acceptors (Lipinski definition) is 2. The van der Waals surface area contributed by atoms with Gasteiger partial charge in [0.2, 0.25) is 0 Å². The van der Waals surface area contributed by atoms with E-state index in [1.165, 1.54) is 5.56 Å². The van der Waals surface area contributed by atoms with E-state index in [0.29, 0.717) is 6.04 Å². The van der Waals surface area contributed by atoms with Gasteiger partial charge < -0.3 is 5.32 Å². The first-order valence-electron chi connectivity index (χ1n) is 7.11. The lowest BCUT2D eigenvalue weighted by Gasteiger charge is -2.18. The van der Waals surface area contributed by atoms with E-state index in [4.69, 9.17) is 5.26 Å². The molecule has 2 rings (SSSR count).